The molecule has 6 rings (SSSR count). The lowest BCUT2D eigenvalue weighted by atomic mass is 9.70. The molecule has 6 heteroatoms. The van der Waals surface area contributed by atoms with Gasteiger partial charge in [-0.3, -0.25) is 9.69 Å². The molecule has 3 aliphatic rings. The van der Waals surface area contributed by atoms with Crippen LogP contribution < -0.4 is 4.90 Å². The van der Waals surface area contributed by atoms with Gasteiger partial charge in [-0.15, -0.1) is 0 Å². The molecule has 2 saturated heterocycles. The van der Waals surface area contributed by atoms with Crippen LogP contribution in [0.25, 0.3) is 11.0 Å². The van der Waals surface area contributed by atoms with Crippen molar-refractivity contribution in [3.8, 4) is 0 Å². The molecule has 1 aromatic carbocycles. The van der Waals surface area contributed by atoms with Crippen molar-refractivity contribution in [1.29, 1.82) is 0 Å². The van der Waals surface area contributed by atoms with Gasteiger partial charge in [-0.25, -0.2) is 4.98 Å². The Morgan fingerprint density at radius 2 is 1.86 bits per heavy atom. The Morgan fingerprint density at radius 3 is 2.57 bits per heavy atom. The molecule has 0 spiro atoms. The van der Waals surface area contributed by atoms with E-state index in [1.165, 1.54) is 24.1 Å². The molecule has 4 heterocycles. The number of ether oxygens (including phenoxy) is 1. The number of hydrogen-bond acceptors (Lipinski definition) is 5. The van der Waals surface area contributed by atoms with Crippen molar-refractivity contribution in [1.82, 2.24) is 14.9 Å². The van der Waals surface area contributed by atoms with E-state index in [0.717, 1.165) is 84.9 Å². The molecule has 2 fully saturated rings. The number of aryl methyl sites for hydroxylation is 2. The summed E-state index contributed by atoms with van der Waals surface area (Å²) in [6.07, 6.45) is 3.28. The van der Waals surface area contributed by atoms with Crippen LogP contribution >= 0.6 is 0 Å². The van der Waals surface area contributed by atoms with Crippen LogP contribution in [0.2, 0.25) is 0 Å². The number of benzene rings is 1. The molecule has 1 aliphatic carbocycles. The van der Waals surface area contributed by atoms with Crippen molar-refractivity contribution >= 4 is 22.5 Å². The molecule has 184 valence electrons. The zero-order valence-corrected chi connectivity index (χ0v) is 21.4. The largest absolute Gasteiger partial charge is 0.379 e. The van der Waals surface area contributed by atoms with E-state index >= 15 is 0 Å². The Kier molecular flexibility index (Phi) is 5.49. The number of pyridine rings is 1. The first kappa shape index (κ1) is 22.7. The third-order valence-electron chi connectivity index (χ3n) is 8.53. The second kappa shape index (κ2) is 8.45. The SMILES string of the molecule is CCc1cc2c(cc1N1CCC(N3CCOCC3)CC1)C(C)(C)c1[nH]c3nc(C)ccc3c1C2=O. The number of carbonyl (C=O) groups excluding carboxylic acids is 1. The van der Waals surface area contributed by atoms with E-state index in [1.807, 2.05) is 19.1 Å². The van der Waals surface area contributed by atoms with E-state index in [1.54, 1.807) is 0 Å². The molecule has 35 heavy (non-hydrogen) atoms. The monoisotopic (exact) mass is 472 g/mol. The average molecular weight is 473 g/mol. The van der Waals surface area contributed by atoms with Gasteiger partial charge >= 0.3 is 0 Å². The first-order valence-electron chi connectivity index (χ1n) is 13.2. The van der Waals surface area contributed by atoms with Crippen LogP contribution in [0, 0.1) is 6.92 Å². The molecule has 0 amide bonds. The number of rotatable bonds is 3. The van der Waals surface area contributed by atoms with Gasteiger partial charge in [0.05, 0.1) is 18.8 Å². The van der Waals surface area contributed by atoms with Gasteiger partial charge in [0.1, 0.15) is 5.65 Å². The van der Waals surface area contributed by atoms with Crippen LogP contribution in [0.15, 0.2) is 24.3 Å². The summed E-state index contributed by atoms with van der Waals surface area (Å²) in [5.74, 6) is 0.124. The van der Waals surface area contributed by atoms with Crippen LogP contribution in [0.4, 0.5) is 5.69 Å². The molecule has 0 atom stereocenters. The molecular weight excluding hydrogens is 436 g/mol. The summed E-state index contributed by atoms with van der Waals surface area (Å²) in [6.45, 7) is 14.6. The first-order chi connectivity index (χ1) is 16.9. The smallest absolute Gasteiger partial charge is 0.195 e. The molecule has 0 bridgehead atoms. The Hall–Kier alpha value is -2.70. The third kappa shape index (κ3) is 3.61. The van der Waals surface area contributed by atoms with Gasteiger partial charge in [0.2, 0.25) is 0 Å². The highest BCUT2D eigenvalue weighted by molar-refractivity contribution is 6.20. The number of fused-ring (bicyclic) bond motifs is 4. The lowest BCUT2D eigenvalue weighted by Crippen LogP contribution is -2.49. The second-order valence-electron chi connectivity index (χ2n) is 10.9. The lowest BCUT2D eigenvalue weighted by molar-refractivity contribution is 0.0115. The Morgan fingerprint density at radius 1 is 1.11 bits per heavy atom. The Balaban J connectivity index is 1.37. The minimum absolute atomic E-state index is 0.124. The fourth-order valence-electron chi connectivity index (χ4n) is 6.47. The summed E-state index contributed by atoms with van der Waals surface area (Å²) in [5, 5.41) is 0.932. The molecule has 0 saturated carbocycles. The zero-order chi connectivity index (χ0) is 24.3. The lowest BCUT2D eigenvalue weighted by Gasteiger charge is -2.42. The van der Waals surface area contributed by atoms with E-state index in [9.17, 15) is 4.79 Å². The van der Waals surface area contributed by atoms with Crippen LogP contribution in [0.1, 0.15) is 72.0 Å². The van der Waals surface area contributed by atoms with Crippen LogP contribution in [0.5, 0.6) is 0 Å². The Labute approximate surface area is 207 Å². The van der Waals surface area contributed by atoms with E-state index in [2.05, 4.69) is 52.7 Å². The molecule has 2 aromatic heterocycles. The highest BCUT2D eigenvalue weighted by atomic mass is 16.5. The molecule has 2 aliphatic heterocycles. The number of piperidine rings is 1. The minimum Gasteiger partial charge on any atom is -0.379 e. The number of carbonyl (C=O) groups is 1. The molecule has 0 radical (unpaired) electrons. The normalized spacial score (nSPS) is 20.8. The number of morpholine rings is 1. The maximum Gasteiger partial charge on any atom is 0.195 e. The molecular formula is C29H36N4O2. The number of H-pyrrole nitrogens is 1. The summed E-state index contributed by atoms with van der Waals surface area (Å²) in [6, 6.07) is 9.20. The van der Waals surface area contributed by atoms with Crippen molar-refractivity contribution in [2.24, 2.45) is 0 Å². The number of nitrogens with one attached hydrogen (secondary N) is 1. The van der Waals surface area contributed by atoms with Gasteiger partial charge in [-0.05, 0) is 61.6 Å². The summed E-state index contributed by atoms with van der Waals surface area (Å²) >= 11 is 0. The van der Waals surface area contributed by atoms with Crippen molar-refractivity contribution < 1.29 is 9.53 Å². The molecule has 0 unspecified atom stereocenters. The number of anilines is 1. The third-order valence-corrected chi connectivity index (χ3v) is 8.53. The zero-order valence-electron chi connectivity index (χ0n) is 21.4. The molecule has 6 nitrogen and oxygen atoms in total. The molecule has 3 aromatic rings. The van der Waals surface area contributed by atoms with E-state index in [0.29, 0.717) is 6.04 Å². The van der Waals surface area contributed by atoms with Crippen LogP contribution in [-0.4, -0.2) is 66.1 Å². The maximum atomic E-state index is 13.9. The van der Waals surface area contributed by atoms with Crippen molar-refractivity contribution in [3.63, 3.8) is 0 Å². The summed E-state index contributed by atoms with van der Waals surface area (Å²) < 4.78 is 5.56. The van der Waals surface area contributed by atoms with Gasteiger partial charge in [0, 0.05) is 65.7 Å². The number of ketones is 1. The predicted octanol–water partition coefficient (Wildman–Crippen LogP) is 4.61. The standard InChI is InChI=1S/C29H36N4O2/c1-5-19-16-22-23(17-24(19)33-10-8-20(9-11-33)32-12-14-35-15-13-32)29(3,4)27-25(26(22)34)21-7-6-18(2)30-28(21)31-27/h6-7,16-17,20H,5,8-15H2,1-4H3,(H,30,31). The topological polar surface area (TPSA) is 61.5 Å². The van der Waals surface area contributed by atoms with E-state index in [-0.39, 0.29) is 11.2 Å². The predicted molar refractivity (Wildman–Crippen MR) is 140 cm³/mol. The maximum absolute atomic E-state index is 13.9. The first-order valence-corrected chi connectivity index (χ1v) is 13.2. The number of nitrogens with zero attached hydrogens (tertiary/aromatic N) is 3. The summed E-state index contributed by atoms with van der Waals surface area (Å²) in [5.41, 5.74) is 7.81. The van der Waals surface area contributed by atoms with Crippen molar-refractivity contribution in [2.75, 3.05) is 44.3 Å². The van der Waals surface area contributed by atoms with Crippen LogP contribution in [-0.2, 0) is 16.6 Å². The fraction of sp³-hybridized carbons (Fsp3) is 0.517. The highest BCUT2D eigenvalue weighted by Crippen LogP contribution is 2.45. The van der Waals surface area contributed by atoms with Gasteiger partial charge in [-0.1, -0.05) is 20.8 Å². The highest BCUT2D eigenvalue weighted by Gasteiger charge is 2.41. The Bertz CT molecular complexity index is 1290. The van der Waals surface area contributed by atoms with E-state index < -0.39 is 0 Å². The summed E-state index contributed by atoms with van der Waals surface area (Å²) in [7, 11) is 0. The second-order valence-corrected chi connectivity index (χ2v) is 10.9. The van der Waals surface area contributed by atoms with E-state index in [4.69, 9.17) is 4.74 Å². The summed E-state index contributed by atoms with van der Waals surface area (Å²) in [4.78, 5) is 27.2. The van der Waals surface area contributed by atoms with Crippen LogP contribution in [0.3, 0.4) is 0 Å². The molecule has 1 N–H and O–H groups in total. The fourth-order valence-corrected chi connectivity index (χ4v) is 6.47. The van der Waals surface area contributed by atoms with Crippen molar-refractivity contribution in [3.05, 3.63) is 57.9 Å². The van der Waals surface area contributed by atoms with Gasteiger partial charge in [0.15, 0.2) is 5.78 Å². The number of hydrogen-bond donors (Lipinski definition) is 1. The van der Waals surface area contributed by atoms with Gasteiger partial charge in [0.25, 0.3) is 0 Å². The average Bonchev–Trinajstić information content (AvgIpc) is 3.27. The quantitative estimate of drug-likeness (QED) is 0.603. The number of aromatic amines is 1. The number of aromatic nitrogens is 2. The van der Waals surface area contributed by atoms with Crippen molar-refractivity contribution in [2.45, 2.75) is 58.4 Å². The van der Waals surface area contributed by atoms with Gasteiger partial charge < -0.3 is 14.6 Å². The minimum atomic E-state index is -0.305. The van der Waals surface area contributed by atoms with Gasteiger partial charge in [-0.2, -0.15) is 0 Å².